The minimum Gasteiger partial charge on any atom is -0.484 e. The number of rotatable bonds is 6. The van der Waals surface area contributed by atoms with Crippen LogP contribution in [0.1, 0.15) is 18.4 Å². The summed E-state index contributed by atoms with van der Waals surface area (Å²) in [6, 6.07) is 17.9. The van der Waals surface area contributed by atoms with Gasteiger partial charge in [0.1, 0.15) is 5.75 Å². The highest BCUT2D eigenvalue weighted by atomic mass is 127. The van der Waals surface area contributed by atoms with Crippen molar-refractivity contribution >= 4 is 28.5 Å². The van der Waals surface area contributed by atoms with Gasteiger partial charge in [-0.1, -0.05) is 30.3 Å². The second kappa shape index (κ2) is 9.20. The first-order chi connectivity index (χ1) is 12.2. The van der Waals surface area contributed by atoms with Crippen LogP contribution in [0.3, 0.4) is 0 Å². The summed E-state index contributed by atoms with van der Waals surface area (Å²) < 4.78 is 12.7. The fourth-order valence-corrected chi connectivity index (χ4v) is 3.19. The molecule has 5 heteroatoms. The van der Waals surface area contributed by atoms with Crippen molar-refractivity contribution in [1.29, 1.82) is 0 Å². The number of halogens is 1. The van der Waals surface area contributed by atoms with E-state index in [-0.39, 0.29) is 18.6 Å². The summed E-state index contributed by atoms with van der Waals surface area (Å²) in [6.07, 6.45) is 1.98. The minimum atomic E-state index is 0.0417. The summed E-state index contributed by atoms with van der Waals surface area (Å²) in [4.78, 5) is 14.2. The Kier molecular flexibility index (Phi) is 6.69. The van der Waals surface area contributed by atoms with Gasteiger partial charge in [0.25, 0.3) is 5.91 Å². The molecular weight excluding hydrogens is 429 g/mol. The van der Waals surface area contributed by atoms with Gasteiger partial charge in [0, 0.05) is 16.7 Å². The van der Waals surface area contributed by atoms with Crippen LogP contribution < -0.4 is 4.74 Å². The Hall–Kier alpha value is -1.60. The Morgan fingerprint density at radius 2 is 1.72 bits per heavy atom. The SMILES string of the molecule is O=C(COc1ccc(I)cc1)N1CCC(OCc2ccccc2)CC1. The fourth-order valence-electron chi connectivity index (χ4n) is 2.83. The maximum absolute atomic E-state index is 12.3. The van der Waals surface area contributed by atoms with Crippen LogP contribution in [0.5, 0.6) is 5.75 Å². The van der Waals surface area contributed by atoms with Crippen LogP contribution in [0.2, 0.25) is 0 Å². The zero-order valence-corrected chi connectivity index (χ0v) is 16.2. The molecule has 0 aliphatic carbocycles. The third-order valence-corrected chi connectivity index (χ3v) is 5.02. The molecule has 1 saturated heterocycles. The van der Waals surface area contributed by atoms with E-state index in [0.717, 1.165) is 35.3 Å². The third-order valence-electron chi connectivity index (χ3n) is 4.30. The molecule has 0 unspecified atom stereocenters. The minimum absolute atomic E-state index is 0.0417. The molecule has 1 aliphatic rings. The summed E-state index contributed by atoms with van der Waals surface area (Å²) in [6.45, 7) is 2.19. The molecule has 0 N–H and O–H groups in total. The van der Waals surface area contributed by atoms with Crippen LogP contribution in [-0.4, -0.2) is 36.6 Å². The van der Waals surface area contributed by atoms with Gasteiger partial charge in [0.2, 0.25) is 0 Å². The number of carbonyl (C=O) groups is 1. The number of hydrogen-bond acceptors (Lipinski definition) is 3. The van der Waals surface area contributed by atoms with E-state index in [4.69, 9.17) is 9.47 Å². The molecule has 0 bridgehead atoms. The van der Waals surface area contributed by atoms with E-state index in [2.05, 4.69) is 34.7 Å². The molecule has 1 heterocycles. The van der Waals surface area contributed by atoms with E-state index in [1.54, 1.807) is 0 Å². The Morgan fingerprint density at radius 1 is 1.04 bits per heavy atom. The molecule has 1 fully saturated rings. The van der Waals surface area contributed by atoms with E-state index >= 15 is 0 Å². The molecule has 0 saturated carbocycles. The van der Waals surface area contributed by atoms with Crippen LogP contribution in [0.15, 0.2) is 54.6 Å². The van der Waals surface area contributed by atoms with Crippen LogP contribution in [0, 0.1) is 3.57 Å². The summed E-state index contributed by atoms with van der Waals surface area (Å²) >= 11 is 2.24. The zero-order valence-electron chi connectivity index (χ0n) is 14.1. The predicted molar refractivity (Wildman–Crippen MR) is 105 cm³/mol. The molecule has 0 spiro atoms. The summed E-state index contributed by atoms with van der Waals surface area (Å²) in [5.41, 5.74) is 1.19. The Bertz CT molecular complexity index is 667. The Morgan fingerprint density at radius 3 is 2.40 bits per heavy atom. The largest absolute Gasteiger partial charge is 0.484 e. The number of ether oxygens (including phenoxy) is 2. The van der Waals surface area contributed by atoms with E-state index in [1.807, 2.05) is 47.4 Å². The number of amides is 1. The zero-order chi connectivity index (χ0) is 17.5. The second-order valence-electron chi connectivity index (χ2n) is 6.12. The summed E-state index contributed by atoms with van der Waals surface area (Å²) in [5.74, 6) is 0.773. The van der Waals surface area contributed by atoms with Gasteiger partial charge in [-0.25, -0.2) is 0 Å². The molecule has 132 valence electrons. The van der Waals surface area contributed by atoms with Crippen LogP contribution >= 0.6 is 22.6 Å². The molecule has 0 aromatic heterocycles. The van der Waals surface area contributed by atoms with Crippen molar-refractivity contribution in [2.75, 3.05) is 19.7 Å². The number of nitrogens with zero attached hydrogens (tertiary/aromatic N) is 1. The molecule has 2 aromatic carbocycles. The normalized spacial score (nSPS) is 15.2. The molecule has 0 radical (unpaired) electrons. The average molecular weight is 451 g/mol. The highest BCUT2D eigenvalue weighted by Crippen LogP contribution is 2.17. The van der Waals surface area contributed by atoms with Crippen LogP contribution in [0.4, 0.5) is 0 Å². The molecule has 2 aromatic rings. The van der Waals surface area contributed by atoms with Gasteiger partial charge in [0.05, 0.1) is 12.7 Å². The monoisotopic (exact) mass is 451 g/mol. The van der Waals surface area contributed by atoms with Gasteiger partial charge in [-0.2, -0.15) is 0 Å². The molecule has 3 rings (SSSR count). The Balaban J connectivity index is 1.38. The van der Waals surface area contributed by atoms with Crippen molar-refractivity contribution in [2.24, 2.45) is 0 Å². The Labute approximate surface area is 162 Å². The van der Waals surface area contributed by atoms with Crippen molar-refractivity contribution in [1.82, 2.24) is 4.90 Å². The van der Waals surface area contributed by atoms with E-state index in [1.165, 1.54) is 5.56 Å². The van der Waals surface area contributed by atoms with Gasteiger partial charge in [0.15, 0.2) is 6.61 Å². The molecule has 1 aliphatic heterocycles. The first kappa shape index (κ1) is 18.2. The van der Waals surface area contributed by atoms with Crippen molar-refractivity contribution in [3.63, 3.8) is 0 Å². The van der Waals surface area contributed by atoms with Crippen LogP contribution in [-0.2, 0) is 16.1 Å². The fraction of sp³-hybridized carbons (Fsp3) is 0.350. The highest BCUT2D eigenvalue weighted by molar-refractivity contribution is 14.1. The first-order valence-electron chi connectivity index (χ1n) is 8.52. The number of hydrogen-bond donors (Lipinski definition) is 0. The lowest BCUT2D eigenvalue weighted by Gasteiger charge is -2.32. The maximum Gasteiger partial charge on any atom is 0.260 e. The lowest BCUT2D eigenvalue weighted by atomic mass is 10.1. The van der Waals surface area contributed by atoms with Gasteiger partial charge in [-0.05, 0) is 65.3 Å². The number of piperidine rings is 1. The van der Waals surface area contributed by atoms with Gasteiger partial charge < -0.3 is 14.4 Å². The van der Waals surface area contributed by atoms with Crippen molar-refractivity contribution < 1.29 is 14.3 Å². The summed E-state index contributed by atoms with van der Waals surface area (Å²) in [5, 5.41) is 0. The van der Waals surface area contributed by atoms with Crippen molar-refractivity contribution in [3.05, 3.63) is 63.7 Å². The van der Waals surface area contributed by atoms with Crippen LogP contribution in [0.25, 0.3) is 0 Å². The van der Waals surface area contributed by atoms with E-state index in [9.17, 15) is 4.79 Å². The summed E-state index contributed by atoms with van der Waals surface area (Å²) in [7, 11) is 0. The lowest BCUT2D eigenvalue weighted by molar-refractivity contribution is -0.136. The average Bonchev–Trinajstić information content (AvgIpc) is 2.67. The first-order valence-corrected chi connectivity index (χ1v) is 9.60. The third kappa shape index (κ3) is 5.71. The number of carbonyl (C=O) groups excluding carboxylic acids is 1. The molecule has 1 amide bonds. The van der Waals surface area contributed by atoms with Crippen molar-refractivity contribution in [2.45, 2.75) is 25.6 Å². The van der Waals surface area contributed by atoms with Gasteiger partial charge >= 0.3 is 0 Å². The molecule has 0 atom stereocenters. The van der Waals surface area contributed by atoms with E-state index < -0.39 is 0 Å². The van der Waals surface area contributed by atoms with Gasteiger partial charge in [-0.3, -0.25) is 4.79 Å². The molecule has 4 nitrogen and oxygen atoms in total. The highest BCUT2D eigenvalue weighted by Gasteiger charge is 2.23. The lowest BCUT2D eigenvalue weighted by Crippen LogP contribution is -2.42. The molecular formula is C20H22INO3. The van der Waals surface area contributed by atoms with Crippen molar-refractivity contribution in [3.8, 4) is 5.75 Å². The number of likely N-dealkylation sites (tertiary alicyclic amines) is 1. The smallest absolute Gasteiger partial charge is 0.260 e. The quantitative estimate of drug-likeness (QED) is 0.626. The van der Waals surface area contributed by atoms with Gasteiger partial charge in [-0.15, -0.1) is 0 Å². The molecule has 25 heavy (non-hydrogen) atoms. The predicted octanol–water partition coefficient (Wildman–Crippen LogP) is 3.88. The number of benzene rings is 2. The van der Waals surface area contributed by atoms with E-state index in [0.29, 0.717) is 6.61 Å². The topological polar surface area (TPSA) is 38.8 Å². The maximum atomic E-state index is 12.3. The standard InChI is InChI=1S/C20H22INO3/c21-17-6-8-18(9-7-17)25-15-20(23)22-12-10-19(11-13-22)24-14-16-4-2-1-3-5-16/h1-9,19H,10-15H2. The second-order valence-corrected chi connectivity index (χ2v) is 7.36.